The summed E-state index contributed by atoms with van der Waals surface area (Å²) < 4.78 is 27.7. The van der Waals surface area contributed by atoms with Crippen molar-refractivity contribution in [2.45, 2.75) is 18.9 Å². The number of halogens is 3. The number of benzene rings is 1. The predicted octanol–water partition coefficient (Wildman–Crippen LogP) is 5.54. The molecule has 1 atom stereocenters. The van der Waals surface area contributed by atoms with Gasteiger partial charge in [-0.3, -0.25) is 14.3 Å². The number of alkyl halides is 2. The van der Waals surface area contributed by atoms with Crippen LogP contribution < -0.4 is 10.5 Å². The van der Waals surface area contributed by atoms with Crippen molar-refractivity contribution in [3.63, 3.8) is 0 Å². The molecule has 0 spiro atoms. The molecule has 0 N–H and O–H groups in total. The number of rotatable bonds is 6. The average Bonchev–Trinajstić information content (AvgIpc) is 3.48. The molecule has 1 aromatic carbocycles. The first kappa shape index (κ1) is 23.0. The molecule has 176 valence electrons. The van der Waals surface area contributed by atoms with E-state index in [0.29, 0.717) is 22.0 Å². The first-order valence-electron chi connectivity index (χ1n) is 11.0. The van der Waals surface area contributed by atoms with Gasteiger partial charge in [-0.25, -0.2) is 13.8 Å². The van der Waals surface area contributed by atoms with Crippen LogP contribution in [-0.2, 0) is 0 Å². The summed E-state index contributed by atoms with van der Waals surface area (Å²) in [5.41, 5.74) is 1.61. The van der Waals surface area contributed by atoms with Crippen LogP contribution in [-0.4, -0.2) is 53.6 Å². The second-order valence-corrected chi connectivity index (χ2v) is 9.98. The fraction of sp³-hybridized carbons (Fsp3) is 0.280. The number of hydrogen-bond donors (Lipinski definition) is 0. The molecule has 0 aliphatic carbocycles. The lowest BCUT2D eigenvalue weighted by Gasteiger charge is -2.24. The summed E-state index contributed by atoms with van der Waals surface area (Å²) in [5.74, 6) is 0.784. The monoisotopic (exact) mass is 500 g/mol. The number of anilines is 1. The molecule has 3 aromatic heterocycles. The minimum atomic E-state index is -2.34. The van der Waals surface area contributed by atoms with Crippen molar-refractivity contribution in [1.82, 2.24) is 14.5 Å². The highest BCUT2D eigenvalue weighted by Crippen LogP contribution is 2.32. The van der Waals surface area contributed by atoms with Gasteiger partial charge in [0.1, 0.15) is 10.5 Å². The number of likely N-dealkylation sites (N-methyl/N-ethyl adjacent to an activating group) is 1. The van der Waals surface area contributed by atoms with Crippen LogP contribution in [0.4, 0.5) is 14.6 Å². The zero-order valence-corrected chi connectivity index (χ0v) is 20.1. The Labute approximate surface area is 204 Å². The highest BCUT2D eigenvalue weighted by atomic mass is 35.5. The molecule has 5 nitrogen and oxygen atoms in total. The van der Waals surface area contributed by atoms with Gasteiger partial charge in [0.2, 0.25) is 0 Å². The zero-order valence-electron chi connectivity index (χ0n) is 18.5. The highest BCUT2D eigenvalue weighted by molar-refractivity contribution is 7.22. The summed E-state index contributed by atoms with van der Waals surface area (Å²) in [5, 5.41) is 1.57. The van der Waals surface area contributed by atoms with E-state index in [9.17, 15) is 13.6 Å². The minimum absolute atomic E-state index is 0.0779. The summed E-state index contributed by atoms with van der Waals surface area (Å²) in [6.45, 7) is 1.20. The Balaban J connectivity index is 1.36. The quantitative estimate of drug-likeness (QED) is 0.348. The predicted molar refractivity (Wildman–Crippen MR) is 135 cm³/mol. The van der Waals surface area contributed by atoms with Crippen LogP contribution in [0.2, 0.25) is 5.02 Å². The van der Waals surface area contributed by atoms with Gasteiger partial charge in [0.15, 0.2) is 0 Å². The van der Waals surface area contributed by atoms with E-state index in [-0.39, 0.29) is 18.1 Å². The van der Waals surface area contributed by atoms with Gasteiger partial charge in [0, 0.05) is 40.6 Å². The van der Waals surface area contributed by atoms with Gasteiger partial charge in [0.05, 0.1) is 18.4 Å². The SMILES string of the molecule is CN(CC(F)F)C1CCN(c2ccc(-n3ccc4cc(-c5ccc(Cl)cc5)sc4c3=O)cn2)C1. The Morgan fingerprint density at radius 3 is 2.71 bits per heavy atom. The number of pyridine rings is 2. The molecule has 1 aliphatic heterocycles. The number of fused-ring (bicyclic) bond motifs is 1. The second kappa shape index (κ2) is 9.44. The molecule has 1 unspecified atom stereocenters. The molecule has 9 heteroatoms. The normalized spacial score (nSPS) is 16.3. The smallest absolute Gasteiger partial charge is 0.273 e. The van der Waals surface area contributed by atoms with Crippen LogP contribution >= 0.6 is 22.9 Å². The number of nitrogens with zero attached hydrogens (tertiary/aromatic N) is 4. The Hall–Kier alpha value is -2.81. The van der Waals surface area contributed by atoms with Gasteiger partial charge in [-0.2, -0.15) is 0 Å². The summed E-state index contributed by atoms with van der Waals surface area (Å²) >= 11 is 7.45. The maximum Gasteiger partial charge on any atom is 0.273 e. The first-order valence-corrected chi connectivity index (χ1v) is 12.2. The fourth-order valence-electron chi connectivity index (χ4n) is 4.37. The fourth-order valence-corrected chi connectivity index (χ4v) is 5.59. The number of aromatic nitrogens is 2. The second-order valence-electron chi connectivity index (χ2n) is 8.49. The van der Waals surface area contributed by atoms with Gasteiger partial charge in [-0.15, -0.1) is 11.3 Å². The van der Waals surface area contributed by atoms with Crippen LogP contribution in [0.15, 0.2) is 65.7 Å². The highest BCUT2D eigenvalue weighted by Gasteiger charge is 2.27. The lowest BCUT2D eigenvalue weighted by Crippen LogP contribution is -2.37. The molecular formula is C25H23ClF2N4OS. The van der Waals surface area contributed by atoms with Crippen LogP contribution in [0.5, 0.6) is 0 Å². The molecule has 4 aromatic rings. The number of thiophene rings is 1. The Kier molecular flexibility index (Phi) is 6.38. The van der Waals surface area contributed by atoms with Gasteiger partial charge in [-0.1, -0.05) is 23.7 Å². The van der Waals surface area contributed by atoms with Crippen molar-refractivity contribution in [2.24, 2.45) is 0 Å². The summed E-state index contributed by atoms with van der Waals surface area (Å²) in [7, 11) is 1.74. The van der Waals surface area contributed by atoms with Crippen molar-refractivity contribution in [2.75, 3.05) is 31.6 Å². The van der Waals surface area contributed by atoms with Crippen molar-refractivity contribution in [3.8, 4) is 16.1 Å². The Morgan fingerprint density at radius 1 is 1.21 bits per heavy atom. The van der Waals surface area contributed by atoms with Crippen LogP contribution in [0.3, 0.4) is 0 Å². The average molecular weight is 501 g/mol. The van der Waals surface area contributed by atoms with E-state index in [0.717, 1.165) is 34.6 Å². The largest absolute Gasteiger partial charge is 0.355 e. The molecule has 0 amide bonds. The molecular weight excluding hydrogens is 478 g/mol. The standard InChI is InChI=1S/C25H23ClF2N4OS/c1-30(15-22(27)28)20-9-10-31(14-20)23-7-6-19(13-29-23)32-11-8-17-12-21(34-24(17)25(32)33)16-2-4-18(26)5-3-16/h2-8,11-13,20,22H,9-10,14-15H2,1H3. The van der Waals surface area contributed by atoms with Crippen LogP contribution in [0.25, 0.3) is 26.2 Å². The van der Waals surface area contributed by atoms with Gasteiger partial charge >= 0.3 is 0 Å². The van der Waals surface area contributed by atoms with E-state index >= 15 is 0 Å². The van der Waals surface area contributed by atoms with Gasteiger partial charge in [-0.05, 0) is 55.4 Å². The van der Waals surface area contributed by atoms with E-state index in [2.05, 4.69) is 9.88 Å². The van der Waals surface area contributed by atoms with Crippen molar-refractivity contribution in [3.05, 3.63) is 76.3 Å². The molecule has 1 aliphatic rings. The summed E-state index contributed by atoms with van der Waals surface area (Å²) in [6, 6.07) is 15.4. The molecule has 34 heavy (non-hydrogen) atoms. The van der Waals surface area contributed by atoms with E-state index in [4.69, 9.17) is 11.6 Å². The molecule has 0 radical (unpaired) electrons. The molecule has 4 heterocycles. The van der Waals surface area contributed by atoms with Gasteiger partial charge < -0.3 is 4.90 Å². The molecule has 5 rings (SSSR count). The Morgan fingerprint density at radius 2 is 2.00 bits per heavy atom. The maximum absolute atomic E-state index is 13.2. The third-order valence-electron chi connectivity index (χ3n) is 6.25. The Bertz CT molecular complexity index is 1350. The third-order valence-corrected chi connectivity index (χ3v) is 7.69. The summed E-state index contributed by atoms with van der Waals surface area (Å²) in [4.78, 5) is 22.6. The molecule has 0 bridgehead atoms. The van der Waals surface area contributed by atoms with Crippen molar-refractivity contribution < 1.29 is 8.78 Å². The van der Waals surface area contributed by atoms with E-state index in [1.54, 1.807) is 28.9 Å². The lowest BCUT2D eigenvalue weighted by atomic mass is 10.2. The molecule has 1 saturated heterocycles. The zero-order chi connectivity index (χ0) is 23.8. The topological polar surface area (TPSA) is 41.4 Å². The van der Waals surface area contributed by atoms with Crippen LogP contribution in [0.1, 0.15) is 6.42 Å². The minimum Gasteiger partial charge on any atom is -0.355 e. The first-order chi connectivity index (χ1) is 16.4. The molecule has 1 fully saturated rings. The van der Waals surface area contributed by atoms with Crippen molar-refractivity contribution >= 4 is 38.8 Å². The van der Waals surface area contributed by atoms with Crippen LogP contribution in [0, 0.1) is 0 Å². The number of hydrogen-bond acceptors (Lipinski definition) is 5. The van der Waals surface area contributed by atoms with E-state index in [1.165, 1.54) is 11.3 Å². The van der Waals surface area contributed by atoms with Crippen molar-refractivity contribution in [1.29, 1.82) is 0 Å². The lowest BCUT2D eigenvalue weighted by molar-refractivity contribution is 0.0848. The third kappa shape index (κ3) is 4.58. The summed E-state index contributed by atoms with van der Waals surface area (Å²) in [6.07, 6.45) is 1.94. The molecule has 0 saturated carbocycles. The van der Waals surface area contributed by atoms with E-state index < -0.39 is 6.43 Å². The van der Waals surface area contributed by atoms with Gasteiger partial charge in [0.25, 0.3) is 12.0 Å². The van der Waals surface area contributed by atoms with E-state index in [1.807, 2.05) is 48.5 Å². The maximum atomic E-state index is 13.2.